The molecule has 0 radical (unpaired) electrons. The summed E-state index contributed by atoms with van der Waals surface area (Å²) in [6.07, 6.45) is 5.63. The number of aryl methyl sites for hydroxylation is 1. The Hall–Kier alpha value is -0.830. The molecule has 0 saturated carbocycles. The molecule has 3 nitrogen and oxygen atoms in total. The van der Waals surface area contributed by atoms with E-state index in [0.29, 0.717) is 0 Å². The van der Waals surface area contributed by atoms with Gasteiger partial charge in [-0.25, -0.2) is 0 Å². The minimum Gasteiger partial charge on any atom is -0.364 e. The van der Waals surface area contributed by atoms with Crippen LogP contribution >= 0.6 is 0 Å². The predicted octanol–water partition coefficient (Wildman–Crippen LogP) is 0.827. The van der Waals surface area contributed by atoms with Gasteiger partial charge in [0.2, 0.25) is 0 Å². The van der Waals surface area contributed by atoms with Crippen LogP contribution in [0, 0.1) is 0 Å². The van der Waals surface area contributed by atoms with Crippen LogP contribution in [-0.4, -0.2) is 18.7 Å². The number of nitrogens with zero attached hydrogens (tertiary/aromatic N) is 1. The quantitative estimate of drug-likeness (QED) is 0.629. The summed E-state index contributed by atoms with van der Waals surface area (Å²) >= 11 is 0. The Bertz CT molecular complexity index is 160. The van der Waals surface area contributed by atoms with Crippen molar-refractivity contribution in [2.45, 2.75) is 12.8 Å². The van der Waals surface area contributed by atoms with Crippen molar-refractivity contribution < 1.29 is 4.52 Å². The summed E-state index contributed by atoms with van der Waals surface area (Å²) in [5.74, 6) is 0. The number of aromatic nitrogens is 1. The lowest BCUT2D eigenvalue weighted by Gasteiger charge is -1.94. The van der Waals surface area contributed by atoms with Gasteiger partial charge in [0.25, 0.3) is 0 Å². The SMILES string of the molecule is CNCCCc1cnoc1. The molecule has 0 aliphatic heterocycles. The van der Waals surface area contributed by atoms with E-state index in [-0.39, 0.29) is 0 Å². The third-order valence-electron chi connectivity index (χ3n) is 1.38. The Kier molecular flexibility index (Phi) is 2.96. The van der Waals surface area contributed by atoms with Crippen LogP contribution in [0.1, 0.15) is 12.0 Å². The van der Waals surface area contributed by atoms with E-state index >= 15 is 0 Å². The second-order valence-electron chi connectivity index (χ2n) is 2.24. The molecule has 3 heteroatoms. The maximum Gasteiger partial charge on any atom is 0.126 e. The van der Waals surface area contributed by atoms with Crippen molar-refractivity contribution in [2.24, 2.45) is 0 Å². The molecule has 0 aliphatic rings. The molecule has 10 heavy (non-hydrogen) atoms. The van der Waals surface area contributed by atoms with Gasteiger partial charge >= 0.3 is 0 Å². The molecule has 0 fully saturated rings. The van der Waals surface area contributed by atoms with Gasteiger partial charge in [0.05, 0.1) is 6.20 Å². The van der Waals surface area contributed by atoms with Crippen LogP contribution in [-0.2, 0) is 6.42 Å². The van der Waals surface area contributed by atoms with E-state index in [1.807, 2.05) is 7.05 Å². The third-order valence-corrected chi connectivity index (χ3v) is 1.38. The first kappa shape index (κ1) is 7.28. The zero-order valence-corrected chi connectivity index (χ0v) is 6.13. The molecule has 0 amide bonds. The first-order valence-electron chi connectivity index (χ1n) is 3.46. The molecule has 0 aliphatic carbocycles. The highest BCUT2D eigenvalue weighted by molar-refractivity contribution is 4.99. The fraction of sp³-hybridized carbons (Fsp3) is 0.571. The maximum atomic E-state index is 4.67. The third kappa shape index (κ3) is 2.19. The summed E-state index contributed by atoms with van der Waals surface area (Å²) < 4.78 is 4.67. The minimum atomic E-state index is 1.05. The summed E-state index contributed by atoms with van der Waals surface area (Å²) in [6, 6.07) is 0. The van der Waals surface area contributed by atoms with Crippen molar-refractivity contribution >= 4 is 0 Å². The summed E-state index contributed by atoms with van der Waals surface area (Å²) in [4.78, 5) is 0. The summed E-state index contributed by atoms with van der Waals surface area (Å²) in [6.45, 7) is 1.05. The first-order chi connectivity index (χ1) is 4.93. The molecular weight excluding hydrogens is 128 g/mol. The van der Waals surface area contributed by atoms with Crippen molar-refractivity contribution in [3.63, 3.8) is 0 Å². The summed E-state index contributed by atoms with van der Waals surface area (Å²) in [7, 11) is 1.95. The van der Waals surface area contributed by atoms with Gasteiger partial charge in [-0.3, -0.25) is 0 Å². The molecule has 0 unspecified atom stereocenters. The minimum absolute atomic E-state index is 1.05. The average molecular weight is 140 g/mol. The van der Waals surface area contributed by atoms with Gasteiger partial charge in [0.15, 0.2) is 0 Å². The van der Waals surface area contributed by atoms with Crippen molar-refractivity contribution in [3.8, 4) is 0 Å². The van der Waals surface area contributed by atoms with E-state index in [4.69, 9.17) is 0 Å². The normalized spacial score (nSPS) is 10.1. The molecule has 0 bridgehead atoms. The van der Waals surface area contributed by atoms with E-state index < -0.39 is 0 Å². The molecule has 1 aromatic rings. The first-order valence-corrected chi connectivity index (χ1v) is 3.46. The van der Waals surface area contributed by atoms with Crippen LogP contribution in [0.4, 0.5) is 0 Å². The Balaban J connectivity index is 2.15. The van der Waals surface area contributed by atoms with E-state index in [9.17, 15) is 0 Å². The number of rotatable bonds is 4. The highest BCUT2D eigenvalue weighted by atomic mass is 16.5. The monoisotopic (exact) mass is 140 g/mol. The molecule has 56 valence electrons. The molecule has 0 aromatic carbocycles. The fourth-order valence-corrected chi connectivity index (χ4v) is 0.819. The molecule has 1 rings (SSSR count). The van der Waals surface area contributed by atoms with Crippen LogP contribution in [0.2, 0.25) is 0 Å². The maximum absolute atomic E-state index is 4.67. The highest BCUT2D eigenvalue weighted by Crippen LogP contribution is 1.99. The van der Waals surface area contributed by atoms with Crippen molar-refractivity contribution in [1.82, 2.24) is 10.5 Å². The Morgan fingerprint density at radius 2 is 2.60 bits per heavy atom. The van der Waals surface area contributed by atoms with E-state index in [1.165, 1.54) is 5.56 Å². The predicted molar refractivity (Wildman–Crippen MR) is 38.8 cm³/mol. The Morgan fingerprint density at radius 1 is 1.70 bits per heavy atom. The van der Waals surface area contributed by atoms with Crippen LogP contribution in [0.3, 0.4) is 0 Å². The van der Waals surface area contributed by atoms with Crippen molar-refractivity contribution in [1.29, 1.82) is 0 Å². The van der Waals surface area contributed by atoms with Crippen LogP contribution in [0.5, 0.6) is 0 Å². The van der Waals surface area contributed by atoms with E-state index in [0.717, 1.165) is 19.4 Å². The standard InChI is InChI=1S/C7H12N2O/c1-8-4-2-3-7-5-9-10-6-7/h5-6,8H,2-4H2,1H3. The molecule has 1 N–H and O–H groups in total. The number of nitrogens with one attached hydrogen (secondary N) is 1. The van der Waals surface area contributed by atoms with E-state index in [1.54, 1.807) is 12.5 Å². The summed E-state index contributed by atoms with van der Waals surface area (Å²) in [5, 5.41) is 6.68. The fourth-order valence-electron chi connectivity index (χ4n) is 0.819. The molecule has 0 saturated heterocycles. The number of hydrogen-bond acceptors (Lipinski definition) is 3. The van der Waals surface area contributed by atoms with Crippen LogP contribution < -0.4 is 5.32 Å². The molecule has 0 atom stereocenters. The largest absolute Gasteiger partial charge is 0.364 e. The number of hydrogen-bond donors (Lipinski definition) is 1. The van der Waals surface area contributed by atoms with Crippen LogP contribution in [0.25, 0.3) is 0 Å². The van der Waals surface area contributed by atoms with Gasteiger partial charge in [0.1, 0.15) is 6.26 Å². The Morgan fingerprint density at radius 3 is 3.20 bits per heavy atom. The van der Waals surface area contributed by atoms with Gasteiger partial charge in [-0.1, -0.05) is 5.16 Å². The lowest BCUT2D eigenvalue weighted by Crippen LogP contribution is -2.07. The Labute approximate surface area is 60.4 Å². The lowest BCUT2D eigenvalue weighted by molar-refractivity contribution is 0.418. The smallest absolute Gasteiger partial charge is 0.126 e. The van der Waals surface area contributed by atoms with Crippen molar-refractivity contribution in [2.75, 3.05) is 13.6 Å². The zero-order chi connectivity index (χ0) is 7.23. The van der Waals surface area contributed by atoms with Gasteiger partial charge < -0.3 is 9.84 Å². The molecule has 1 aromatic heterocycles. The van der Waals surface area contributed by atoms with Gasteiger partial charge in [-0.15, -0.1) is 0 Å². The lowest BCUT2D eigenvalue weighted by atomic mass is 10.2. The molecule has 1 heterocycles. The van der Waals surface area contributed by atoms with Crippen molar-refractivity contribution in [3.05, 3.63) is 18.0 Å². The second-order valence-corrected chi connectivity index (χ2v) is 2.24. The van der Waals surface area contributed by atoms with Gasteiger partial charge in [-0.05, 0) is 26.4 Å². The summed E-state index contributed by atoms with van der Waals surface area (Å²) in [5.41, 5.74) is 1.18. The molecule has 0 spiro atoms. The topological polar surface area (TPSA) is 38.1 Å². The van der Waals surface area contributed by atoms with Crippen LogP contribution in [0.15, 0.2) is 17.0 Å². The second kappa shape index (κ2) is 4.06. The van der Waals surface area contributed by atoms with E-state index in [2.05, 4.69) is 15.0 Å². The van der Waals surface area contributed by atoms with Gasteiger partial charge in [0, 0.05) is 5.56 Å². The van der Waals surface area contributed by atoms with Gasteiger partial charge in [-0.2, -0.15) is 0 Å². The zero-order valence-electron chi connectivity index (χ0n) is 6.13. The highest BCUT2D eigenvalue weighted by Gasteiger charge is 1.93. The molecular formula is C7H12N2O. The average Bonchev–Trinajstić information content (AvgIpc) is 2.41.